The molecule has 7 heteroatoms. The molecule has 0 heterocycles. The second-order valence-electron chi connectivity index (χ2n) is 6.44. The number of nitrogens with one attached hydrogen (secondary N) is 2. The summed E-state index contributed by atoms with van der Waals surface area (Å²) in [5.41, 5.74) is 1.25. The van der Waals surface area contributed by atoms with Crippen LogP contribution in [0.5, 0.6) is 0 Å². The van der Waals surface area contributed by atoms with E-state index < -0.39 is 10.0 Å². The summed E-state index contributed by atoms with van der Waals surface area (Å²) in [5.74, 6) is -0.898. The van der Waals surface area contributed by atoms with Crippen molar-refractivity contribution in [1.29, 1.82) is 0 Å². The van der Waals surface area contributed by atoms with Gasteiger partial charge < -0.3 is 5.32 Å². The van der Waals surface area contributed by atoms with E-state index in [-0.39, 0.29) is 35.9 Å². The van der Waals surface area contributed by atoms with Crippen LogP contribution in [0.2, 0.25) is 0 Å². The Kier molecular flexibility index (Phi) is 5.56. The van der Waals surface area contributed by atoms with Gasteiger partial charge in [-0.05, 0) is 48.6 Å². The lowest BCUT2D eigenvalue weighted by Gasteiger charge is -2.17. The van der Waals surface area contributed by atoms with Crippen LogP contribution in [0.25, 0.3) is 0 Å². The first-order chi connectivity index (χ1) is 12.4. The van der Waals surface area contributed by atoms with Crippen molar-refractivity contribution in [2.45, 2.75) is 18.8 Å². The molecular formula is C19H21FN2O3S. The molecular weight excluding hydrogens is 355 g/mol. The maximum absolute atomic E-state index is 13.1. The summed E-state index contributed by atoms with van der Waals surface area (Å²) in [7, 11) is -3.55. The van der Waals surface area contributed by atoms with Gasteiger partial charge in [-0.1, -0.05) is 30.3 Å². The Bertz CT molecular complexity index is 850. The van der Waals surface area contributed by atoms with Crippen LogP contribution < -0.4 is 10.0 Å². The van der Waals surface area contributed by atoms with Crippen LogP contribution in [-0.2, 0) is 14.8 Å². The molecule has 0 saturated heterocycles. The average Bonchev–Trinajstić information content (AvgIpc) is 3.42. The van der Waals surface area contributed by atoms with Gasteiger partial charge in [0, 0.05) is 12.2 Å². The Morgan fingerprint density at radius 3 is 2.35 bits per heavy atom. The molecule has 0 radical (unpaired) electrons. The number of hydrogen-bond donors (Lipinski definition) is 2. The van der Waals surface area contributed by atoms with Crippen molar-refractivity contribution in [3.63, 3.8) is 0 Å². The molecule has 0 aromatic heterocycles. The number of rotatable bonds is 8. The normalized spacial score (nSPS) is 15.3. The number of sulfonamides is 1. The van der Waals surface area contributed by atoms with Crippen LogP contribution in [-0.4, -0.2) is 26.6 Å². The molecule has 1 atom stereocenters. The quantitative estimate of drug-likeness (QED) is 0.744. The Hall–Kier alpha value is -2.41. The summed E-state index contributed by atoms with van der Waals surface area (Å²) in [6.07, 6.45) is 1.90. The molecule has 2 aromatic rings. The van der Waals surface area contributed by atoms with Gasteiger partial charge in [0.15, 0.2) is 0 Å². The van der Waals surface area contributed by atoms with Crippen molar-refractivity contribution in [2.75, 3.05) is 17.0 Å². The van der Waals surface area contributed by atoms with E-state index in [0.29, 0.717) is 5.69 Å². The molecule has 1 aliphatic rings. The molecule has 0 bridgehead atoms. The van der Waals surface area contributed by atoms with Crippen molar-refractivity contribution in [2.24, 2.45) is 5.92 Å². The van der Waals surface area contributed by atoms with Gasteiger partial charge in [0.2, 0.25) is 15.9 Å². The lowest BCUT2D eigenvalue weighted by Crippen LogP contribution is -2.35. The van der Waals surface area contributed by atoms with Crippen LogP contribution in [0.4, 0.5) is 10.1 Å². The molecule has 2 aromatic carbocycles. The average molecular weight is 376 g/mol. The molecule has 0 spiro atoms. The highest BCUT2D eigenvalue weighted by Gasteiger charge is 2.37. The monoisotopic (exact) mass is 376 g/mol. The van der Waals surface area contributed by atoms with E-state index in [4.69, 9.17) is 0 Å². The van der Waals surface area contributed by atoms with E-state index in [0.717, 1.165) is 18.4 Å². The Morgan fingerprint density at radius 2 is 1.73 bits per heavy atom. The van der Waals surface area contributed by atoms with Crippen molar-refractivity contribution in [3.05, 3.63) is 66.0 Å². The van der Waals surface area contributed by atoms with Crippen molar-refractivity contribution in [3.8, 4) is 0 Å². The highest BCUT2D eigenvalue weighted by atomic mass is 32.2. The van der Waals surface area contributed by atoms with E-state index in [9.17, 15) is 17.6 Å². The maximum Gasteiger partial charge on any atom is 0.234 e. The summed E-state index contributed by atoms with van der Waals surface area (Å²) in [4.78, 5) is 12.5. The number of amides is 1. The first kappa shape index (κ1) is 18.4. The van der Waals surface area contributed by atoms with Crippen LogP contribution >= 0.6 is 0 Å². The zero-order valence-corrected chi connectivity index (χ0v) is 15.0. The summed E-state index contributed by atoms with van der Waals surface area (Å²) in [6, 6.07) is 14.5. The molecule has 1 aliphatic carbocycles. The molecule has 2 N–H and O–H groups in total. The number of para-hydroxylation sites is 1. The standard InChI is InChI=1S/C19H21FN2O3S/c20-16-10-8-15(9-11-16)18(14-6-7-14)19(23)21-12-13-26(24,25)22-17-4-2-1-3-5-17/h1-5,8-11,14,18,22H,6-7,12-13H2,(H,21,23). The van der Waals surface area contributed by atoms with Crippen LogP contribution in [0.15, 0.2) is 54.6 Å². The smallest absolute Gasteiger partial charge is 0.234 e. The zero-order valence-electron chi connectivity index (χ0n) is 14.2. The fourth-order valence-corrected chi connectivity index (χ4v) is 3.86. The van der Waals surface area contributed by atoms with Gasteiger partial charge in [-0.25, -0.2) is 12.8 Å². The fourth-order valence-electron chi connectivity index (χ4n) is 2.89. The zero-order chi connectivity index (χ0) is 18.6. The maximum atomic E-state index is 13.1. The van der Waals surface area contributed by atoms with Crippen molar-refractivity contribution < 1.29 is 17.6 Å². The van der Waals surface area contributed by atoms with Crippen LogP contribution in [0.3, 0.4) is 0 Å². The second kappa shape index (κ2) is 7.86. The van der Waals surface area contributed by atoms with Gasteiger partial charge >= 0.3 is 0 Å². The first-order valence-electron chi connectivity index (χ1n) is 8.53. The van der Waals surface area contributed by atoms with Gasteiger partial charge in [-0.2, -0.15) is 0 Å². The molecule has 1 amide bonds. The van der Waals surface area contributed by atoms with Gasteiger partial charge in [-0.15, -0.1) is 0 Å². The van der Waals surface area contributed by atoms with Gasteiger partial charge in [0.1, 0.15) is 5.82 Å². The van der Waals surface area contributed by atoms with Crippen molar-refractivity contribution in [1.82, 2.24) is 5.32 Å². The number of hydrogen-bond acceptors (Lipinski definition) is 3. The summed E-state index contributed by atoms with van der Waals surface area (Å²) < 4.78 is 39.8. The van der Waals surface area contributed by atoms with Crippen molar-refractivity contribution >= 4 is 21.6 Å². The summed E-state index contributed by atoms with van der Waals surface area (Å²) >= 11 is 0. The number of carbonyl (C=O) groups is 1. The summed E-state index contributed by atoms with van der Waals surface area (Å²) in [5, 5.41) is 2.71. The fraction of sp³-hybridized carbons (Fsp3) is 0.316. The van der Waals surface area contributed by atoms with E-state index >= 15 is 0 Å². The number of halogens is 1. The minimum atomic E-state index is -3.55. The van der Waals surface area contributed by atoms with Crippen LogP contribution in [0.1, 0.15) is 24.3 Å². The van der Waals surface area contributed by atoms with E-state index in [1.165, 1.54) is 12.1 Å². The lowest BCUT2D eigenvalue weighted by atomic mass is 9.93. The lowest BCUT2D eigenvalue weighted by molar-refractivity contribution is -0.122. The highest BCUT2D eigenvalue weighted by molar-refractivity contribution is 7.92. The second-order valence-corrected chi connectivity index (χ2v) is 8.29. The molecule has 3 rings (SSSR count). The Morgan fingerprint density at radius 1 is 1.08 bits per heavy atom. The Labute approximate surface area is 152 Å². The molecule has 1 saturated carbocycles. The molecule has 26 heavy (non-hydrogen) atoms. The third kappa shape index (κ3) is 5.05. The molecule has 0 aliphatic heterocycles. The van der Waals surface area contributed by atoms with E-state index in [1.54, 1.807) is 42.5 Å². The number of benzene rings is 2. The summed E-state index contributed by atoms with van der Waals surface area (Å²) in [6.45, 7) is 0.0193. The third-order valence-electron chi connectivity index (χ3n) is 4.32. The number of anilines is 1. The van der Waals surface area contributed by atoms with E-state index in [2.05, 4.69) is 10.0 Å². The molecule has 138 valence electrons. The highest BCUT2D eigenvalue weighted by Crippen LogP contribution is 2.42. The molecule has 5 nitrogen and oxygen atoms in total. The third-order valence-corrected chi connectivity index (χ3v) is 5.61. The molecule has 1 unspecified atom stereocenters. The number of carbonyl (C=O) groups excluding carboxylic acids is 1. The SMILES string of the molecule is O=C(NCCS(=O)(=O)Nc1ccccc1)C(c1ccc(F)cc1)C1CC1. The van der Waals surface area contributed by atoms with E-state index in [1.807, 2.05) is 0 Å². The topological polar surface area (TPSA) is 75.3 Å². The predicted octanol–water partition coefficient (Wildman–Crippen LogP) is 2.88. The first-order valence-corrected chi connectivity index (χ1v) is 10.2. The minimum absolute atomic E-state index is 0.0193. The van der Waals surface area contributed by atoms with Gasteiger partial charge in [0.25, 0.3) is 0 Å². The molecule has 1 fully saturated rings. The van der Waals surface area contributed by atoms with Gasteiger partial charge in [-0.3, -0.25) is 9.52 Å². The predicted molar refractivity (Wildman–Crippen MR) is 98.7 cm³/mol. The van der Waals surface area contributed by atoms with Crippen LogP contribution in [0, 0.1) is 11.7 Å². The Balaban J connectivity index is 1.56. The largest absolute Gasteiger partial charge is 0.354 e. The van der Waals surface area contributed by atoms with Gasteiger partial charge in [0.05, 0.1) is 11.7 Å². The minimum Gasteiger partial charge on any atom is -0.354 e.